The standard InChI is InChI=1S/C16H22N2O3/c19-11-9-13(12-4-2-1-3-5-12)8-10-17-15(20)16(21)18-14-6-7-14/h1-5,13-14,19H,6-11H2,(H,17,20)(H,18,21)/t13-/m0/s1. The third-order valence-corrected chi connectivity index (χ3v) is 3.65. The van der Waals surface area contributed by atoms with Crippen molar-refractivity contribution < 1.29 is 14.7 Å². The number of hydrogen-bond donors (Lipinski definition) is 3. The van der Waals surface area contributed by atoms with Crippen LogP contribution in [-0.4, -0.2) is 36.1 Å². The van der Waals surface area contributed by atoms with Gasteiger partial charge in [0.05, 0.1) is 0 Å². The highest BCUT2D eigenvalue weighted by Crippen LogP contribution is 2.22. The Morgan fingerprint density at radius 3 is 2.48 bits per heavy atom. The number of aliphatic hydroxyl groups excluding tert-OH is 1. The van der Waals surface area contributed by atoms with E-state index in [2.05, 4.69) is 10.6 Å². The van der Waals surface area contributed by atoms with Crippen molar-refractivity contribution in [2.45, 2.75) is 37.6 Å². The molecule has 5 heteroatoms. The molecule has 0 bridgehead atoms. The summed E-state index contributed by atoms with van der Waals surface area (Å²) >= 11 is 0. The van der Waals surface area contributed by atoms with Gasteiger partial charge in [-0.2, -0.15) is 0 Å². The van der Waals surface area contributed by atoms with Gasteiger partial charge in [0.2, 0.25) is 0 Å². The Kier molecular flexibility index (Phi) is 5.75. The van der Waals surface area contributed by atoms with Gasteiger partial charge in [-0.3, -0.25) is 9.59 Å². The Hall–Kier alpha value is -1.88. The predicted octanol–water partition coefficient (Wildman–Crippen LogP) is 0.937. The number of benzene rings is 1. The molecule has 0 aliphatic heterocycles. The maximum absolute atomic E-state index is 11.6. The molecule has 0 aromatic heterocycles. The average Bonchev–Trinajstić information content (AvgIpc) is 3.31. The average molecular weight is 290 g/mol. The van der Waals surface area contributed by atoms with Crippen LogP contribution in [0.1, 0.15) is 37.2 Å². The molecule has 21 heavy (non-hydrogen) atoms. The van der Waals surface area contributed by atoms with E-state index < -0.39 is 11.8 Å². The highest BCUT2D eigenvalue weighted by atomic mass is 16.3. The Bertz CT molecular complexity index is 472. The van der Waals surface area contributed by atoms with Crippen molar-refractivity contribution in [1.29, 1.82) is 0 Å². The Balaban J connectivity index is 1.76. The molecule has 1 aliphatic carbocycles. The van der Waals surface area contributed by atoms with Gasteiger partial charge < -0.3 is 15.7 Å². The van der Waals surface area contributed by atoms with E-state index >= 15 is 0 Å². The third-order valence-electron chi connectivity index (χ3n) is 3.65. The first-order chi connectivity index (χ1) is 10.2. The van der Waals surface area contributed by atoms with Gasteiger partial charge in [-0.15, -0.1) is 0 Å². The van der Waals surface area contributed by atoms with Crippen LogP contribution in [0.25, 0.3) is 0 Å². The summed E-state index contributed by atoms with van der Waals surface area (Å²) in [7, 11) is 0. The normalized spacial score (nSPS) is 15.3. The highest BCUT2D eigenvalue weighted by Gasteiger charge is 2.26. The molecule has 2 amide bonds. The van der Waals surface area contributed by atoms with Crippen molar-refractivity contribution >= 4 is 11.8 Å². The van der Waals surface area contributed by atoms with Crippen LogP contribution >= 0.6 is 0 Å². The lowest BCUT2D eigenvalue weighted by molar-refractivity contribution is -0.139. The second-order valence-electron chi connectivity index (χ2n) is 5.41. The van der Waals surface area contributed by atoms with Crippen LogP contribution in [-0.2, 0) is 9.59 Å². The van der Waals surface area contributed by atoms with Gasteiger partial charge in [-0.1, -0.05) is 30.3 Å². The van der Waals surface area contributed by atoms with Gasteiger partial charge in [0.25, 0.3) is 0 Å². The van der Waals surface area contributed by atoms with Gasteiger partial charge in [0.15, 0.2) is 0 Å². The molecule has 0 heterocycles. The van der Waals surface area contributed by atoms with Crippen molar-refractivity contribution in [3.63, 3.8) is 0 Å². The molecule has 1 fully saturated rings. The van der Waals surface area contributed by atoms with E-state index in [4.69, 9.17) is 5.11 Å². The van der Waals surface area contributed by atoms with E-state index in [1.807, 2.05) is 30.3 Å². The molecule has 0 unspecified atom stereocenters. The fourth-order valence-electron chi connectivity index (χ4n) is 2.28. The molecule has 0 radical (unpaired) electrons. The Morgan fingerprint density at radius 1 is 1.14 bits per heavy atom. The largest absolute Gasteiger partial charge is 0.396 e. The van der Waals surface area contributed by atoms with Crippen LogP contribution in [0.3, 0.4) is 0 Å². The lowest BCUT2D eigenvalue weighted by Crippen LogP contribution is -2.41. The van der Waals surface area contributed by atoms with Crippen LogP contribution in [0.2, 0.25) is 0 Å². The number of aliphatic hydroxyl groups is 1. The summed E-state index contributed by atoms with van der Waals surface area (Å²) in [6, 6.07) is 10.1. The maximum atomic E-state index is 11.6. The van der Waals surface area contributed by atoms with Gasteiger partial charge in [0, 0.05) is 19.2 Å². The summed E-state index contributed by atoms with van der Waals surface area (Å²) < 4.78 is 0. The highest BCUT2D eigenvalue weighted by molar-refractivity contribution is 6.35. The Morgan fingerprint density at radius 2 is 1.86 bits per heavy atom. The smallest absolute Gasteiger partial charge is 0.309 e. The van der Waals surface area contributed by atoms with Gasteiger partial charge in [-0.05, 0) is 37.2 Å². The second kappa shape index (κ2) is 7.78. The minimum absolute atomic E-state index is 0.107. The third kappa shape index (κ3) is 5.19. The van der Waals surface area contributed by atoms with Crippen molar-refractivity contribution in [2.75, 3.05) is 13.2 Å². The topological polar surface area (TPSA) is 78.4 Å². The van der Waals surface area contributed by atoms with Crippen molar-refractivity contribution in [2.24, 2.45) is 0 Å². The summed E-state index contributed by atoms with van der Waals surface area (Å²) in [4.78, 5) is 23.1. The number of hydrogen-bond acceptors (Lipinski definition) is 3. The zero-order chi connectivity index (χ0) is 15.1. The molecule has 3 N–H and O–H groups in total. The SMILES string of the molecule is O=C(NCC[C@@H](CCO)c1ccccc1)C(=O)NC1CC1. The minimum atomic E-state index is -0.572. The molecule has 1 aliphatic rings. The number of carbonyl (C=O) groups is 2. The van der Waals surface area contributed by atoms with Crippen molar-refractivity contribution in [1.82, 2.24) is 10.6 Å². The van der Waals surface area contributed by atoms with E-state index in [1.165, 1.54) is 0 Å². The van der Waals surface area contributed by atoms with E-state index in [-0.39, 0.29) is 18.6 Å². The van der Waals surface area contributed by atoms with Gasteiger partial charge in [0.1, 0.15) is 0 Å². The number of carbonyl (C=O) groups excluding carboxylic acids is 2. The van der Waals surface area contributed by atoms with Crippen LogP contribution in [0.4, 0.5) is 0 Å². The molecule has 1 atom stereocenters. The molecule has 114 valence electrons. The van der Waals surface area contributed by atoms with E-state index in [1.54, 1.807) is 0 Å². The monoisotopic (exact) mass is 290 g/mol. The molecule has 5 nitrogen and oxygen atoms in total. The lowest BCUT2D eigenvalue weighted by Gasteiger charge is -2.16. The fourth-order valence-corrected chi connectivity index (χ4v) is 2.28. The summed E-state index contributed by atoms with van der Waals surface area (Å²) in [6.07, 6.45) is 3.28. The minimum Gasteiger partial charge on any atom is -0.396 e. The summed E-state index contributed by atoms with van der Waals surface area (Å²) in [5, 5.41) is 14.4. The summed E-state index contributed by atoms with van der Waals surface area (Å²) in [6.45, 7) is 0.534. The molecule has 1 aromatic rings. The fraction of sp³-hybridized carbons (Fsp3) is 0.500. The van der Waals surface area contributed by atoms with Gasteiger partial charge in [-0.25, -0.2) is 0 Å². The van der Waals surface area contributed by atoms with E-state index in [0.29, 0.717) is 19.4 Å². The zero-order valence-electron chi connectivity index (χ0n) is 12.0. The summed E-state index contributed by atoms with van der Waals surface area (Å²) in [5.74, 6) is -0.934. The first kappa shape index (κ1) is 15.5. The number of amides is 2. The van der Waals surface area contributed by atoms with Crippen molar-refractivity contribution in [3.8, 4) is 0 Å². The first-order valence-corrected chi connectivity index (χ1v) is 7.45. The van der Waals surface area contributed by atoms with Crippen LogP contribution in [0, 0.1) is 0 Å². The lowest BCUT2D eigenvalue weighted by atomic mass is 9.93. The maximum Gasteiger partial charge on any atom is 0.309 e. The quantitative estimate of drug-likeness (QED) is 0.654. The summed E-state index contributed by atoms with van der Waals surface area (Å²) in [5.41, 5.74) is 1.14. The second-order valence-corrected chi connectivity index (χ2v) is 5.41. The molecular weight excluding hydrogens is 268 g/mol. The molecule has 2 rings (SSSR count). The molecule has 1 aromatic carbocycles. The first-order valence-electron chi connectivity index (χ1n) is 7.45. The molecule has 1 saturated carbocycles. The number of nitrogens with one attached hydrogen (secondary N) is 2. The van der Waals surface area contributed by atoms with Crippen LogP contribution < -0.4 is 10.6 Å². The van der Waals surface area contributed by atoms with Crippen molar-refractivity contribution in [3.05, 3.63) is 35.9 Å². The van der Waals surface area contributed by atoms with E-state index in [9.17, 15) is 9.59 Å². The zero-order valence-corrected chi connectivity index (χ0v) is 12.0. The van der Waals surface area contributed by atoms with E-state index in [0.717, 1.165) is 18.4 Å². The van der Waals surface area contributed by atoms with Gasteiger partial charge >= 0.3 is 11.8 Å². The molecular formula is C16H22N2O3. The van der Waals surface area contributed by atoms with Crippen LogP contribution in [0.15, 0.2) is 30.3 Å². The Labute approximate surface area is 124 Å². The number of rotatable bonds is 7. The molecule has 0 saturated heterocycles. The van der Waals surface area contributed by atoms with Crippen LogP contribution in [0.5, 0.6) is 0 Å². The predicted molar refractivity (Wildman–Crippen MR) is 79.7 cm³/mol. The molecule has 0 spiro atoms.